The normalized spacial score (nSPS) is 22.3. The maximum atomic E-state index is 12.5. The Morgan fingerprint density at radius 1 is 1.10 bits per heavy atom. The van der Waals surface area contributed by atoms with Gasteiger partial charge in [0.1, 0.15) is 23.2 Å². The monoisotopic (exact) mass is 412 g/mol. The number of anilines is 1. The lowest BCUT2D eigenvalue weighted by atomic mass is 9.91. The number of carbonyl (C=O) groups is 1. The van der Waals surface area contributed by atoms with Crippen LogP contribution in [0.3, 0.4) is 0 Å². The molecule has 3 saturated heterocycles. The van der Waals surface area contributed by atoms with Crippen LogP contribution in [0.15, 0.2) is 18.2 Å². The molecule has 1 aromatic rings. The first-order valence-electron chi connectivity index (χ1n) is 11.2. The van der Waals surface area contributed by atoms with Gasteiger partial charge in [-0.1, -0.05) is 13.0 Å². The largest absolute Gasteiger partial charge is 0.441 e. The zero-order valence-electron chi connectivity index (χ0n) is 17.9. The van der Waals surface area contributed by atoms with Crippen molar-refractivity contribution in [2.24, 2.45) is 0 Å². The van der Waals surface area contributed by atoms with Crippen LogP contribution in [-0.2, 0) is 4.74 Å². The Kier molecular flexibility index (Phi) is 6.40. The Morgan fingerprint density at radius 2 is 1.83 bits per heavy atom. The third kappa shape index (κ3) is 4.68. The smallest absolute Gasteiger partial charge is 0.410 e. The third-order valence-corrected chi connectivity index (χ3v) is 6.70. The van der Waals surface area contributed by atoms with Gasteiger partial charge in [0.25, 0.3) is 0 Å². The van der Waals surface area contributed by atoms with Crippen molar-refractivity contribution in [1.82, 2.24) is 19.7 Å². The number of pyridine rings is 1. The molecule has 8 nitrogen and oxygen atoms in total. The highest BCUT2D eigenvalue weighted by atomic mass is 16.6. The van der Waals surface area contributed by atoms with E-state index in [9.17, 15) is 4.79 Å². The van der Waals surface area contributed by atoms with Crippen LogP contribution in [0.2, 0.25) is 0 Å². The molecule has 8 heteroatoms. The van der Waals surface area contributed by atoms with E-state index in [1.54, 1.807) is 6.07 Å². The molecule has 4 rings (SSSR count). The fourth-order valence-corrected chi connectivity index (χ4v) is 4.74. The second-order valence-electron chi connectivity index (χ2n) is 8.58. The van der Waals surface area contributed by atoms with E-state index in [1.165, 1.54) is 0 Å². The third-order valence-electron chi connectivity index (χ3n) is 6.70. The standard InChI is InChI=1S/C22H32N6O2/c1-2-25-13-15-26(16-14-25)9-4-10-28-18-22(30-21(28)29)7-11-27(12-8-22)20-6-3-5-19(17-23)24-20/h3,5-6H,2,4,7-16,18H2,1H3. The van der Waals surface area contributed by atoms with E-state index in [1.807, 2.05) is 17.0 Å². The van der Waals surface area contributed by atoms with Gasteiger partial charge in [0.2, 0.25) is 0 Å². The quantitative estimate of drug-likeness (QED) is 0.705. The molecule has 0 bridgehead atoms. The number of nitrogens with zero attached hydrogens (tertiary/aromatic N) is 6. The van der Waals surface area contributed by atoms with Crippen LogP contribution in [-0.4, -0.2) is 96.8 Å². The summed E-state index contributed by atoms with van der Waals surface area (Å²) in [5.41, 5.74) is 0.0649. The zero-order valence-corrected chi connectivity index (χ0v) is 17.9. The average Bonchev–Trinajstić information content (AvgIpc) is 3.09. The van der Waals surface area contributed by atoms with Gasteiger partial charge in [0.05, 0.1) is 6.54 Å². The first-order valence-corrected chi connectivity index (χ1v) is 11.2. The van der Waals surface area contributed by atoms with Gasteiger partial charge in [-0.25, -0.2) is 9.78 Å². The average molecular weight is 413 g/mol. The van der Waals surface area contributed by atoms with Gasteiger partial charge in [-0.05, 0) is 31.6 Å². The minimum absolute atomic E-state index is 0.163. The molecule has 162 valence electrons. The lowest BCUT2D eigenvalue weighted by Crippen LogP contribution is -2.47. The van der Waals surface area contributed by atoms with Crippen LogP contribution >= 0.6 is 0 Å². The molecule has 0 radical (unpaired) electrons. The summed E-state index contributed by atoms with van der Waals surface area (Å²) in [6.07, 6.45) is 2.43. The Bertz CT molecular complexity index is 778. The number of piperazine rings is 1. The number of likely N-dealkylation sites (N-methyl/N-ethyl adjacent to an activating group) is 1. The van der Waals surface area contributed by atoms with Crippen LogP contribution < -0.4 is 4.90 Å². The SMILES string of the molecule is CCN1CCN(CCCN2CC3(CCN(c4cccc(C#N)n4)CC3)OC2=O)CC1. The van der Waals surface area contributed by atoms with Crippen molar-refractivity contribution in [3.05, 3.63) is 23.9 Å². The number of piperidine rings is 1. The van der Waals surface area contributed by atoms with E-state index >= 15 is 0 Å². The molecule has 3 fully saturated rings. The molecule has 0 saturated carbocycles. The fourth-order valence-electron chi connectivity index (χ4n) is 4.74. The number of aromatic nitrogens is 1. The molecule has 3 aliphatic rings. The molecule has 1 amide bonds. The summed E-state index contributed by atoms with van der Waals surface area (Å²) in [4.78, 5) is 25.9. The number of hydrogen-bond donors (Lipinski definition) is 0. The van der Waals surface area contributed by atoms with Crippen molar-refractivity contribution >= 4 is 11.9 Å². The summed E-state index contributed by atoms with van der Waals surface area (Å²) in [6.45, 7) is 12.0. The van der Waals surface area contributed by atoms with Crippen LogP contribution in [0, 0.1) is 11.3 Å². The summed E-state index contributed by atoms with van der Waals surface area (Å²) in [5, 5.41) is 9.06. The molecular formula is C22H32N6O2. The van der Waals surface area contributed by atoms with E-state index in [-0.39, 0.29) is 11.7 Å². The first kappa shape index (κ1) is 20.9. The molecular weight excluding hydrogens is 380 g/mol. The molecule has 0 aromatic carbocycles. The fraction of sp³-hybridized carbons (Fsp3) is 0.682. The van der Waals surface area contributed by atoms with Crippen molar-refractivity contribution < 1.29 is 9.53 Å². The minimum Gasteiger partial charge on any atom is -0.441 e. The van der Waals surface area contributed by atoms with Gasteiger partial charge >= 0.3 is 6.09 Å². The highest BCUT2D eigenvalue weighted by Crippen LogP contribution is 2.34. The van der Waals surface area contributed by atoms with Crippen molar-refractivity contribution in [3.63, 3.8) is 0 Å². The topological polar surface area (TPSA) is 75.9 Å². The number of amides is 1. The molecule has 1 aromatic heterocycles. The van der Waals surface area contributed by atoms with Gasteiger partial charge in [0, 0.05) is 58.7 Å². The highest BCUT2D eigenvalue weighted by molar-refractivity contribution is 5.70. The number of rotatable bonds is 6. The molecule has 3 aliphatic heterocycles. The number of nitriles is 1. The Hall–Kier alpha value is -2.37. The summed E-state index contributed by atoms with van der Waals surface area (Å²) in [5.74, 6) is 0.827. The molecule has 0 atom stereocenters. The molecule has 0 N–H and O–H groups in total. The molecule has 4 heterocycles. The Morgan fingerprint density at radius 3 is 2.53 bits per heavy atom. The second-order valence-corrected chi connectivity index (χ2v) is 8.58. The number of ether oxygens (including phenoxy) is 1. The molecule has 30 heavy (non-hydrogen) atoms. The van der Waals surface area contributed by atoms with Gasteiger partial charge < -0.3 is 24.3 Å². The van der Waals surface area contributed by atoms with E-state index in [0.717, 1.165) is 84.0 Å². The van der Waals surface area contributed by atoms with Crippen molar-refractivity contribution in [2.75, 3.05) is 70.3 Å². The van der Waals surface area contributed by atoms with Crippen molar-refractivity contribution in [3.8, 4) is 6.07 Å². The minimum atomic E-state index is -0.368. The van der Waals surface area contributed by atoms with Gasteiger partial charge in [0.15, 0.2) is 0 Å². The van der Waals surface area contributed by atoms with E-state index in [2.05, 4.69) is 32.7 Å². The number of hydrogen-bond acceptors (Lipinski definition) is 7. The first-order chi connectivity index (χ1) is 14.6. The Balaban J connectivity index is 1.23. The lowest BCUT2D eigenvalue weighted by molar-refractivity contribution is 0.0366. The molecule has 0 unspecified atom stereocenters. The second kappa shape index (κ2) is 9.19. The van der Waals surface area contributed by atoms with Gasteiger partial charge in [-0.3, -0.25) is 0 Å². The van der Waals surface area contributed by atoms with Crippen molar-refractivity contribution in [2.45, 2.75) is 31.8 Å². The number of carbonyl (C=O) groups excluding carboxylic acids is 1. The van der Waals surface area contributed by atoms with Crippen LogP contribution in [0.4, 0.5) is 10.6 Å². The highest BCUT2D eigenvalue weighted by Gasteiger charge is 2.46. The predicted molar refractivity (Wildman–Crippen MR) is 114 cm³/mol. The van der Waals surface area contributed by atoms with Gasteiger partial charge in [-0.15, -0.1) is 0 Å². The summed E-state index contributed by atoms with van der Waals surface area (Å²) in [7, 11) is 0. The lowest BCUT2D eigenvalue weighted by Gasteiger charge is -2.38. The predicted octanol–water partition coefficient (Wildman–Crippen LogP) is 1.77. The summed E-state index contributed by atoms with van der Waals surface area (Å²) < 4.78 is 5.87. The van der Waals surface area contributed by atoms with E-state index in [4.69, 9.17) is 10.00 Å². The van der Waals surface area contributed by atoms with E-state index in [0.29, 0.717) is 12.2 Å². The Labute approximate surface area is 179 Å². The van der Waals surface area contributed by atoms with E-state index < -0.39 is 0 Å². The summed E-state index contributed by atoms with van der Waals surface area (Å²) >= 11 is 0. The maximum Gasteiger partial charge on any atom is 0.410 e. The van der Waals surface area contributed by atoms with Crippen LogP contribution in [0.1, 0.15) is 31.9 Å². The molecule has 1 spiro atoms. The zero-order chi connectivity index (χ0) is 21.0. The maximum absolute atomic E-state index is 12.5. The van der Waals surface area contributed by atoms with Crippen LogP contribution in [0.25, 0.3) is 0 Å². The van der Waals surface area contributed by atoms with Gasteiger partial charge in [-0.2, -0.15) is 5.26 Å². The molecule has 0 aliphatic carbocycles. The van der Waals surface area contributed by atoms with Crippen molar-refractivity contribution in [1.29, 1.82) is 5.26 Å². The summed E-state index contributed by atoms with van der Waals surface area (Å²) in [6, 6.07) is 7.62. The van der Waals surface area contributed by atoms with Crippen LogP contribution in [0.5, 0.6) is 0 Å².